The van der Waals surface area contributed by atoms with Crippen molar-refractivity contribution in [3.63, 3.8) is 0 Å². The first kappa shape index (κ1) is 25.5. The Balaban J connectivity index is 1.32. The van der Waals surface area contributed by atoms with Gasteiger partial charge in [-0.2, -0.15) is 0 Å². The molecule has 0 N–H and O–H groups in total. The Labute approximate surface area is 257 Å². The highest BCUT2D eigenvalue weighted by atomic mass is 79.9. The van der Waals surface area contributed by atoms with Crippen LogP contribution >= 0.6 is 15.9 Å². The fourth-order valence-corrected chi connectivity index (χ4v) is 6.48. The van der Waals surface area contributed by atoms with E-state index in [1.54, 1.807) is 0 Å². The van der Waals surface area contributed by atoms with Gasteiger partial charge in [0.2, 0.25) is 0 Å². The van der Waals surface area contributed by atoms with Crippen molar-refractivity contribution in [2.75, 3.05) is 0 Å². The van der Waals surface area contributed by atoms with Crippen molar-refractivity contribution in [2.45, 2.75) is 0 Å². The molecule has 7 aromatic carbocycles. The summed E-state index contributed by atoms with van der Waals surface area (Å²) in [6.07, 6.45) is 0. The molecule has 0 amide bonds. The number of rotatable bonds is 4. The predicted octanol–water partition coefficient (Wildman–Crippen LogP) is 10.8. The first-order valence-corrected chi connectivity index (χ1v) is 15.0. The van der Waals surface area contributed by atoms with Gasteiger partial charge in [-0.3, -0.25) is 0 Å². The van der Waals surface area contributed by atoms with Crippen LogP contribution in [0.4, 0.5) is 0 Å². The van der Waals surface area contributed by atoms with E-state index in [1.807, 2.05) is 60.7 Å². The first-order chi connectivity index (χ1) is 21.2. The second-order valence-electron chi connectivity index (χ2n) is 10.6. The first-order valence-electron chi connectivity index (χ1n) is 14.2. The van der Waals surface area contributed by atoms with Crippen molar-refractivity contribution in [1.29, 1.82) is 0 Å². The molecule has 1 heterocycles. The number of hydrogen-bond donors (Lipinski definition) is 0. The van der Waals surface area contributed by atoms with Crippen molar-refractivity contribution in [3.05, 3.63) is 150 Å². The minimum Gasteiger partial charge on any atom is -0.208 e. The van der Waals surface area contributed by atoms with Crippen LogP contribution < -0.4 is 0 Å². The monoisotopic (exact) mass is 613 g/mol. The van der Waals surface area contributed by atoms with Crippen LogP contribution in [0.5, 0.6) is 0 Å². The Kier molecular flexibility index (Phi) is 6.27. The van der Waals surface area contributed by atoms with Gasteiger partial charge in [0.1, 0.15) is 0 Å². The lowest BCUT2D eigenvalue weighted by Gasteiger charge is -2.14. The third-order valence-corrected chi connectivity index (χ3v) is 8.62. The molecule has 0 aliphatic rings. The maximum atomic E-state index is 4.95. The molecule has 0 spiro atoms. The van der Waals surface area contributed by atoms with Crippen LogP contribution in [0.15, 0.2) is 150 Å². The predicted molar refractivity (Wildman–Crippen MR) is 182 cm³/mol. The zero-order chi connectivity index (χ0) is 28.8. The molecule has 3 nitrogen and oxygen atoms in total. The van der Waals surface area contributed by atoms with Gasteiger partial charge in [0, 0.05) is 21.2 Å². The largest absolute Gasteiger partial charge is 0.208 e. The topological polar surface area (TPSA) is 38.7 Å². The molecule has 43 heavy (non-hydrogen) atoms. The van der Waals surface area contributed by atoms with E-state index in [0.29, 0.717) is 17.5 Å². The van der Waals surface area contributed by atoms with Crippen molar-refractivity contribution >= 4 is 48.2 Å². The van der Waals surface area contributed by atoms with Crippen LogP contribution in [-0.4, -0.2) is 15.0 Å². The molecule has 1 aromatic heterocycles. The molecule has 0 aliphatic carbocycles. The van der Waals surface area contributed by atoms with Crippen molar-refractivity contribution < 1.29 is 0 Å². The Hall–Kier alpha value is -5.19. The summed E-state index contributed by atoms with van der Waals surface area (Å²) in [6, 6.07) is 50.5. The molecule has 202 valence electrons. The number of nitrogens with zero attached hydrogens (tertiary/aromatic N) is 3. The molecule has 0 aliphatic heterocycles. The van der Waals surface area contributed by atoms with Gasteiger partial charge >= 0.3 is 0 Å². The standard InChI is InChI=1S/C39H24BrN3/c40-36-24-35-32-21-10-8-19-30(32)29-18-7-9-20-31(29)34(35)23-33(36)27-16-11-17-28(22-27)39-42-37(25-12-3-1-4-13-25)41-38(43-39)26-14-5-2-6-15-26/h1-24H. The summed E-state index contributed by atoms with van der Waals surface area (Å²) >= 11 is 3.93. The van der Waals surface area contributed by atoms with Crippen LogP contribution in [0.3, 0.4) is 0 Å². The van der Waals surface area contributed by atoms with Crippen molar-refractivity contribution in [1.82, 2.24) is 15.0 Å². The third-order valence-electron chi connectivity index (χ3n) is 7.96. The Morgan fingerprint density at radius 2 is 0.721 bits per heavy atom. The number of fused-ring (bicyclic) bond motifs is 6. The van der Waals surface area contributed by atoms with Crippen LogP contribution in [0.1, 0.15) is 0 Å². The second-order valence-corrected chi connectivity index (χ2v) is 11.4. The SMILES string of the molecule is Brc1cc2c3ccccc3c3ccccc3c2cc1-c1cccc(-c2nc(-c3ccccc3)nc(-c3ccccc3)n2)c1. The lowest BCUT2D eigenvalue weighted by Crippen LogP contribution is -2.00. The van der Waals surface area contributed by atoms with Gasteiger partial charge in [0.05, 0.1) is 0 Å². The van der Waals surface area contributed by atoms with Crippen LogP contribution in [-0.2, 0) is 0 Å². The van der Waals surface area contributed by atoms with Gasteiger partial charge in [-0.1, -0.05) is 143 Å². The maximum absolute atomic E-state index is 4.95. The quantitative estimate of drug-likeness (QED) is 0.185. The normalized spacial score (nSPS) is 11.4. The molecule has 0 unspecified atom stereocenters. The third kappa shape index (κ3) is 4.57. The van der Waals surface area contributed by atoms with Crippen molar-refractivity contribution in [3.8, 4) is 45.3 Å². The minimum absolute atomic E-state index is 0.642. The van der Waals surface area contributed by atoms with Gasteiger partial charge in [-0.05, 0) is 61.6 Å². The van der Waals surface area contributed by atoms with E-state index < -0.39 is 0 Å². The zero-order valence-corrected chi connectivity index (χ0v) is 24.7. The molecule has 0 saturated carbocycles. The maximum Gasteiger partial charge on any atom is 0.164 e. The number of aromatic nitrogens is 3. The molecular formula is C39H24BrN3. The van der Waals surface area contributed by atoms with Gasteiger partial charge in [-0.15, -0.1) is 0 Å². The Bertz CT molecular complexity index is 2240. The summed E-state index contributed by atoms with van der Waals surface area (Å²) < 4.78 is 1.04. The number of halogens is 1. The molecule has 0 saturated heterocycles. The summed E-state index contributed by atoms with van der Waals surface area (Å²) in [5.41, 5.74) is 5.05. The van der Waals surface area contributed by atoms with E-state index in [9.17, 15) is 0 Å². The molecule has 0 bridgehead atoms. The Morgan fingerprint density at radius 1 is 0.326 bits per heavy atom. The summed E-state index contributed by atoms with van der Waals surface area (Å²) in [4.78, 5) is 14.7. The number of benzene rings is 7. The summed E-state index contributed by atoms with van der Waals surface area (Å²) in [5, 5.41) is 7.50. The molecule has 0 atom stereocenters. The van der Waals surface area contributed by atoms with Crippen LogP contribution in [0.25, 0.3) is 77.6 Å². The summed E-state index contributed by atoms with van der Waals surface area (Å²) in [7, 11) is 0. The van der Waals surface area contributed by atoms with Crippen LogP contribution in [0.2, 0.25) is 0 Å². The molecule has 0 radical (unpaired) electrons. The molecule has 8 aromatic rings. The smallest absolute Gasteiger partial charge is 0.164 e. The molecular weight excluding hydrogens is 590 g/mol. The van der Waals surface area contributed by atoms with E-state index in [-0.39, 0.29) is 0 Å². The lowest BCUT2D eigenvalue weighted by molar-refractivity contribution is 1.07. The highest BCUT2D eigenvalue weighted by Crippen LogP contribution is 2.41. The highest BCUT2D eigenvalue weighted by molar-refractivity contribution is 9.10. The highest BCUT2D eigenvalue weighted by Gasteiger charge is 2.15. The fraction of sp³-hybridized carbons (Fsp3) is 0. The van der Waals surface area contributed by atoms with Gasteiger partial charge in [0.15, 0.2) is 17.5 Å². The molecule has 4 heteroatoms. The summed E-state index contributed by atoms with van der Waals surface area (Å²) in [5.74, 6) is 1.95. The van der Waals surface area contributed by atoms with Gasteiger partial charge < -0.3 is 0 Å². The van der Waals surface area contributed by atoms with E-state index in [2.05, 4.69) is 101 Å². The molecule has 0 fully saturated rings. The zero-order valence-electron chi connectivity index (χ0n) is 23.1. The van der Waals surface area contributed by atoms with Gasteiger partial charge in [-0.25, -0.2) is 15.0 Å². The average molecular weight is 615 g/mol. The lowest BCUT2D eigenvalue weighted by atomic mass is 9.92. The van der Waals surface area contributed by atoms with Crippen molar-refractivity contribution in [2.24, 2.45) is 0 Å². The minimum atomic E-state index is 0.642. The molecule has 8 rings (SSSR count). The van der Waals surface area contributed by atoms with E-state index in [4.69, 9.17) is 15.0 Å². The summed E-state index contributed by atoms with van der Waals surface area (Å²) in [6.45, 7) is 0. The fourth-order valence-electron chi connectivity index (χ4n) is 5.91. The second kappa shape index (κ2) is 10.6. The van der Waals surface area contributed by atoms with Crippen LogP contribution in [0, 0.1) is 0 Å². The van der Waals surface area contributed by atoms with E-state index >= 15 is 0 Å². The van der Waals surface area contributed by atoms with Gasteiger partial charge in [0.25, 0.3) is 0 Å². The number of hydrogen-bond acceptors (Lipinski definition) is 3. The van der Waals surface area contributed by atoms with E-state index in [1.165, 1.54) is 32.3 Å². The average Bonchev–Trinajstić information content (AvgIpc) is 3.09. The Morgan fingerprint density at radius 3 is 1.26 bits per heavy atom. The van der Waals surface area contributed by atoms with E-state index in [0.717, 1.165) is 32.3 Å².